The van der Waals surface area contributed by atoms with Crippen molar-refractivity contribution in [1.29, 1.82) is 0 Å². The molecular formula is C16H28O3. The summed E-state index contributed by atoms with van der Waals surface area (Å²) in [6.07, 6.45) is 11.5. The summed E-state index contributed by atoms with van der Waals surface area (Å²) in [6.45, 7) is 4.16. The average molecular weight is 268 g/mol. The van der Waals surface area contributed by atoms with Gasteiger partial charge >= 0.3 is 5.97 Å². The van der Waals surface area contributed by atoms with Crippen LogP contribution in [0.3, 0.4) is 0 Å². The lowest BCUT2D eigenvalue weighted by atomic mass is 9.87. The molecule has 1 saturated heterocycles. The maximum atomic E-state index is 11.4. The Labute approximate surface area is 117 Å². The Morgan fingerprint density at radius 2 is 2.16 bits per heavy atom. The summed E-state index contributed by atoms with van der Waals surface area (Å²) < 4.78 is 5.17. The molecule has 1 aliphatic heterocycles. The van der Waals surface area contributed by atoms with Crippen LogP contribution in [0.1, 0.15) is 65.2 Å². The van der Waals surface area contributed by atoms with Crippen molar-refractivity contribution in [2.75, 3.05) is 0 Å². The standard InChI is InChI=1S/C16H28O3/c1-3-5-7-9-11-14-15(19-16(14)18)12-13(17)10-8-6-4-2/h4,6,13-15,17H,3,5,7-12H2,1-2H3/t13-,14+,15+/m1/s1. The predicted octanol–water partition coefficient (Wildman–Crippen LogP) is 3.61. The highest BCUT2D eigenvalue weighted by molar-refractivity contribution is 5.78. The number of rotatable bonds is 10. The van der Waals surface area contributed by atoms with E-state index in [2.05, 4.69) is 13.0 Å². The Kier molecular flexibility index (Phi) is 7.80. The van der Waals surface area contributed by atoms with Crippen LogP contribution in [0.15, 0.2) is 12.2 Å². The topological polar surface area (TPSA) is 46.5 Å². The van der Waals surface area contributed by atoms with Gasteiger partial charge in [0.1, 0.15) is 6.10 Å². The van der Waals surface area contributed by atoms with E-state index in [0.29, 0.717) is 6.42 Å². The Morgan fingerprint density at radius 3 is 2.79 bits per heavy atom. The molecule has 0 bridgehead atoms. The van der Waals surface area contributed by atoms with Crippen molar-refractivity contribution < 1.29 is 14.6 Å². The summed E-state index contributed by atoms with van der Waals surface area (Å²) in [6, 6.07) is 0. The highest BCUT2D eigenvalue weighted by Crippen LogP contribution is 2.31. The molecule has 1 N–H and O–H groups in total. The zero-order valence-corrected chi connectivity index (χ0v) is 12.3. The van der Waals surface area contributed by atoms with Gasteiger partial charge in [-0.05, 0) is 26.2 Å². The number of aliphatic hydroxyl groups excluding tert-OH is 1. The van der Waals surface area contributed by atoms with Crippen molar-refractivity contribution in [1.82, 2.24) is 0 Å². The van der Waals surface area contributed by atoms with Crippen molar-refractivity contribution in [2.24, 2.45) is 5.92 Å². The van der Waals surface area contributed by atoms with Crippen LogP contribution in [0.25, 0.3) is 0 Å². The molecule has 0 aromatic heterocycles. The van der Waals surface area contributed by atoms with Crippen LogP contribution in [-0.2, 0) is 9.53 Å². The minimum absolute atomic E-state index is 0.0354. The van der Waals surface area contributed by atoms with Crippen LogP contribution < -0.4 is 0 Å². The number of ether oxygens (including phenoxy) is 1. The molecule has 0 amide bonds. The molecule has 3 nitrogen and oxygen atoms in total. The van der Waals surface area contributed by atoms with Gasteiger partial charge in [-0.1, -0.05) is 44.8 Å². The zero-order valence-electron chi connectivity index (χ0n) is 12.3. The fourth-order valence-electron chi connectivity index (χ4n) is 2.55. The maximum absolute atomic E-state index is 11.4. The minimum atomic E-state index is -0.354. The first-order valence-electron chi connectivity index (χ1n) is 7.68. The number of hydrogen-bond acceptors (Lipinski definition) is 3. The molecule has 0 unspecified atom stereocenters. The number of cyclic esters (lactones) is 1. The van der Waals surface area contributed by atoms with Crippen LogP contribution >= 0.6 is 0 Å². The Hall–Kier alpha value is -0.830. The SMILES string of the molecule is CC=CCC[C@@H](O)C[C@@H]1OC(=O)[C@H]1CCCCCC. The molecule has 1 fully saturated rings. The molecule has 0 aromatic carbocycles. The van der Waals surface area contributed by atoms with Crippen LogP contribution in [0.4, 0.5) is 0 Å². The third-order valence-electron chi connectivity index (χ3n) is 3.79. The molecule has 0 aromatic rings. The quantitative estimate of drug-likeness (QED) is 0.374. The first-order chi connectivity index (χ1) is 9.19. The third kappa shape index (κ3) is 5.77. The molecule has 0 spiro atoms. The molecule has 0 aliphatic carbocycles. The van der Waals surface area contributed by atoms with E-state index in [-0.39, 0.29) is 24.1 Å². The summed E-state index contributed by atoms with van der Waals surface area (Å²) in [5.41, 5.74) is 0. The molecule has 3 atom stereocenters. The fourth-order valence-corrected chi connectivity index (χ4v) is 2.55. The third-order valence-corrected chi connectivity index (χ3v) is 3.79. The first kappa shape index (κ1) is 16.2. The summed E-state index contributed by atoms with van der Waals surface area (Å²) in [5, 5.41) is 9.90. The van der Waals surface area contributed by atoms with Crippen LogP contribution in [0.2, 0.25) is 0 Å². The van der Waals surface area contributed by atoms with Gasteiger partial charge in [0.15, 0.2) is 0 Å². The number of allylic oxidation sites excluding steroid dienone is 2. The molecule has 3 heteroatoms. The van der Waals surface area contributed by atoms with Crippen molar-refractivity contribution in [3.8, 4) is 0 Å². The van der Waals surface area contributed by atoms with E-state index in [9.17, 15) is 9.90 Å². The van der Waals surface area contributed by atoms with Gasteiger partial charge in [0.05, 0.1) is 12.0 Å². The van der Waals surface area contributed by atoms with E-state index in [0.717, 1.165) is 25.7 Å². The van der Waals surface area contributed by atoms with Gasteiger partial charge in [-0.2, -0.15) is 0 Å². The summed E-state index contributed by atoms with van der Waals surface area (Å²) >= 11 is 0. The van der Waals surface area contributed by atoms with E-state index >= 15 is 0 Å². The van der Waals surface area contributed by atoms with Crippen molar-refractivity contribution in [2.45, 2.75) is 77.4 Å². The Morgan fingerprint density at radius 1 is 1.37 bits per heavy atom. The Bertz CT molecular complexity index is 286. The maximum Gasteiger partial charge on any atom is 0.313 e. The van der Waals surface area contributed by atoms with E-state index < -0.39 is 0 Å². The second-order valence-corrected chi connectivity index (χ2v) is 5.47. The number of carbonyl (C=O) groups excluding carboxylic acids is 1. The molecule has 0 radical (unpaired) electrons. The molecule has 1 heterocycles. The largest absolute Gasteiger partial charge is 0.461 e. The number of carbonyl (C=O) groups is 1. The van der Waals surface area contributed by atoms with Gasteiger partial charge in [-0.25, -0.2) is 0 Å². The summed E-state index contributed by atoms with van der Waals surface area (Å²) in [7, 11) is 0. The predicted molar refractivity (Wildman–Crippen MR) is 76.8 cm³/mol. The highest BCUT2D eigenvalue weighted by Gasteiger charge is 2.42. The Balaban J connectivity index is 2.19. The van der Waals surface area contributed by atoms with Gasteiger partial charge in [0.25, 0.3) is 0 Å². The highest BCUT2D eigenvalue weighted by atomic mass is 16.6. The summed E-state index contributed by atoms with van der Waals surface area (Å²) in [5.74, 6) is -0.0321. The van der Waals surface area contributed by atoms with Gasteiger partial charge in [0, 0.05) is 6.42 Å². The molecule has 110 valence electrons. The van der Waals surface area contributed by atoms with E-state index in [1.807, 2.05) is 13.0 Å². The van der Waals surface area contributed by atoms with Gasteiger partial charge in [0.2, 0.25) is 0 Å². The molecule has 19 heavy (non-hydrogen) atoms. The number of hydrogen-bond donors (Lipinski definition) is 1. The van der Waals surface area contributed by atoms with Crippen LogP contribution in [-0.4, -0.2) is 23.3 Å². The molecule has 0 saturated carbocycles. The van der Waals surface area contributed by atoms with Gasteiger partial charge < -0.3 is 9.84 Å². The summed E-state index contributed by atoms with van der Waals surface area (Å²) in [4.78, 5) is 11.4. The van der Waals surface area contributed by atoms with Crippen molar-refractivity contribution >= 4 is 5.97 Å². The normalized spacial score (nSPS) is 24.3. The molecule has 1 aliphatic rings. The van der Waals surface area contributed by atoms with Gasteiger partial charge in [-0.15, -0.1) is 0 Å². The lowest BCUT2D eigenvalue weighted by Gasteiger charge is -2.36. The van der Waals surface area contributed by atoms with Crippen LogP contribution in [0, 0.1) is 5.92 Å². The lowest BCUT2D eigenvalue weighted by molar-refractivity contribution is -0.188. The minimum Gasteiger partial charge on any atom is -0.461 e. The smallest absolute Gasteiger partial charge is 0.313 e. The first-order valence-corrected chi connectivity index (χ1v) is 7.68. The van der Waals surface area contributed by atoms with E-state index in [1.54, 1.807) is 0 Å². The lowest BCUT2D eigenvalue weighted by Crippen LogP contribution is -2.46. The second-order valence-electron chi connectivity index (χ2n) is 5.47. The molecular weight excluding hydrogens is 240 g/mol. The fraction of sp³-hybridized carbons (Fsp3) is 0.812. The van der Waals surface area contributed by atoms with Crippen molar-refractivity contribution in [3.05, 3.63) is 12.2 Å². The zero-order chi connectivity index (χ0) is 14.1. The van der Waals surface area contributed by atoms with E-state index in [1.165, 1.54) is 19.3 Å². The van der Waals surface area contributed by atoms with Gasteiger partial charge in [-0.3, -0.25) is 4.79 Å². The number of aliphatic hydroxyl groups is 1. The van der Waals surface area contributed by atoms with Crippen LogP contribution in [0.5, 0.6) is 0 Å². The molecule has 1 rings (SSSR count). The van der Waals surface area contributed by atoms with E-state index in [4.69, 9.17) is 4.74 Å². The number of esters is 1. The second kappa shape index (κ2) is 9.13. The monoisotopic (exact) mass is 268 g/mol. The number of unbranched alkanes of at least 4 members (excludes halogenated alkanes) is 3. The average Bonchev–Trinajstić information content (AvgIpc) is 2.38. The van der Waals surface area contributed by atoms with Crippen molar-refractivity contribution in [3.63, 3.8) is 0 Å².